The zero-order valence-corrected chi connectivity index (χ0v) is 8.99. The first-order valence-corrected chi connectivity index (χ1v) is 5.09. The van der Waals surface area contributed by atoms with Crippen LogP contribution in [0.2, 0.25) is 0 Å². The summed E-state index contributed by atoms with van der Waals surface area (Å²) in [6.45, 7) is 7.00. The Hall–Kier alpha value is -0.900. The molecule has 14 heavy (non-hydrogen) atoms. The van der Waals surface area contributed by atoms with E-state index in [1.807, 2.05) is 0 Å². The average Bonchev–Trinajstić information content (AvgIpc) is 2.45. The zero-order valence-electron chi connectivity index (χ0n) is 8.99. The largest absolute Gasteiger partial charge is 0.391 e. The summed E-state index contributed by atoms with van der Waals surface area (Å²) in [5.41, 5.74) is 0.00229. The number of rotatable bonds is 0. The minimum absolute atomic E-state index is 0.00229. The van der Waals surface area contributed by atoms with Gasteiger partial charge in [-0.15, -0.1) is 10.2 Å². The second kappa shape index (κ2) is 3.05. The van der Waals surface area contributed by atoms with E-state index in [0.717, 1.165) is 24.5 Å². The van der Waals surface area contributed by atoms with Crippen molar-refractivity contribution in [1.29, 1.82) is 0 Å². The van der Waals surface area contributed by atoms with Crippen molar-refractivity contribution in [2.24, 2.45) is 0 Å². The Labute approximate surface area is 84.0 Å². The summed E-state index contributed by atoms with van der Waals surface area (Å²) >= 11 is 0. The van der Waals surface area contributed by atoms with Gasteiger partial charge in [0.1, 0.15) is 11.6 Å². The van der Waals surface area contributed by atoms with Crippen molar-refractivity contribution in [3.05, 3.63) is 11.6 Å². The van der Waals surface area contributed by atoms with Gasteiger partial charge in [0.05, 0.1) is 12.6 Å². The molecular formula is C10H17N3O. The van der Waals surface area contributed by atoms with E-state index in [9.17, 15) is 5.11 Å². The lowest BCUT2D eigenvalue weighted by Crippen LogP contribution is -2.29. The van der Waals surface area contributed by atoms with Crippen LogP contribution >= 0.6 is 0 Å². The Bertz CT molecular complexity index is 338. The van der Waals surface area contributed by atoms with Crippen LogP contribution in [-0.4, -0.2) is 26.0 Å². The van der Waals surface area contributed by atoms with Crippen LogP contribution in [0.15, 0.2) is 0 Å². The van der Waals surface area contributed by atoms with Crippen molar-refractivity contribution in [1.82, 2.24) is 14.8 Å². The molecule has 78 valence electrons. The van der Waals surface area contributed by atoms with Crippen LogP contribution in [0.5, 0.6) is 0 Å². The maximum absolute atomic E-state index is 9.59. The Morgan fingerprint density at radius 1 is 1.36 bits per heavy atom. The van der Waals surface area contributed by atoms with Crippen molar-refractivity contribution >= 4 is 0 Å². The first-order chi connectivity index (χ1) is 6.48. The fourth-order valence-corrected chi connectivity index (χ4v) is 1.86. The van der Waals surface area contributed by atoms with Crippen LogP contribution in [-0.2, 0) is 18.4 Å². The molecule has 0 spiro atoms. The summed E-state index contributed by atoms with van der Waals surface area (Å²) < 4.78 is 2.06. The minimum Gasteiger partial charge on any atom is -0.391 e. The first-order valence-electron chi connectivity index (χ1n) is 5.09. The SMILES string of the molecule is CC(C)(C)c1nnc2n1CC(O)CC2. The fourth-order valence-electron chi connectivity index (χ4n) is 1.86. The smallest absolute Gasteiger partial charge is 0.138 e. The van der Waals surface area contributed by atoms with Gasteiger partial charge >= 0.3 is 0 Å². The van der Waals surface area contributed by atoms with Crippen LogP contribution < -0.4 is 0 Å². The molecule has 1 aromatic rings. The third kappa shape index (κ3) is 1.54. The van der Waals surface area contributed by atoms with Crippen molar-refractivity contribution < 1.29 is 5.11 Å². The third-order valence-corrected chi connectivity index (χ3v) is 2.59. The molecule has 4 heteroatoms. The number of aliphatic hydroxyl groups excluding tert-OH is 1. The topological polar surface area (TPSA) is 50.9 Å². The molecule has 1 aliphatic rings. The summed E-state index contributed by atoms with van der Waals surface area (Å²) in [6.07, 6.45) is 1.41. The average molecular weight is 195 g/mol. The number of hydrogen-bond acceptors (Lipinski definition) is 3. The molecule has 1 aromatic heterocycles. The Morgan fingerprint density at radius 2 is 2.07 bits per heavy atom. The van der Waals surface area contributed by atoms with Crippen LogP contribution in [0.3, 0.4) is 0 Å². The molecule has 1 aliphatic heterocycles. The highest BCUT2D eigenvalue weighted by molar-refractivity contribution is 5.08. The van der Waals surface area contributed by atoms with Crippen molar-refractivity contribution in [3.8, 4) is 0 Å². The maximum Gasteiger partial charge on any atom is 0.138 e. The summed E-state index contributed by atoms with van der Waals surface area (Å²) in [4.78, 5) is 0. The van der Waals surface area contributed by atoms with Crippen molar-refractivity contribution in [2.45, 2.75) is 51.7 Å². The molecule has 4 nitrogen and oxygen atoms in total. The summed E-state index contributed by atoms with van der Waals surface area (Å²) in [6, 6.07) is 0. The molecule has 1 N–H and O–H groups in total. The van der Waals surface area contributed by atoms with Gasteiger partial charge in [0.25, 0.3) is 0 Å². The minimum atomic E-state index is -0.236. The van der Waals surface area contributed by atoms with E-state index in [2.05, 4.69) is 35.5 Å². The molecule has 0 aliphatic carbocycles. The lowest BCUT2D eigenvalue weighted by molar-refractivity contribution is 0.127. The van der Waals surface area contributed by atoms with E-state index >= 15 is 0 Å². The van der Waals surface area contributed by atoms with Gasteiger partial charge in [-0.2, -0.15) is 0 Å². The molecule has 0 bridgehead atoms. The number of aliphatic hydroxyl groups is 1. The van der Waals surface area contributed by atoms with Gasteiger partial charge in [0, 0.05) is 11.8 Å². The molecule has 1 unspecified atom stereocenters. The van der Waals surface area contributed by atoms with Gasteiger partial charge in [-0.05, 0) is 6.42 Å². The number of hydrogen-bond donors (Lipinski definition) is 1. The van der Waals surface area contributed by atoms with Gasteiger partial charge in [0.2, 0.25) is 0 Å². The Balaban J connectivity index is 2.41. The molecule has 0 saturated carbocycles. The summed E-state index contributed by atoms with van der Waals surface area (Å²) in [5.74, 6) is 1.99. The Morgan fingerprint density at radius 3 is 2.71 bits per heavy atom. The summed E-state index contributed by atoms with van der Waals surface area (Å²) in [7, 11) is 0. The highest BCUT2D eigenvalue weighted by atomic mass is 16.3. The van der Waals surface area contributed by atoms with Crippen molar-refractivity contribution in [2.75, 3.05) is 0 Å². The molecule has 0 aromatic carbocycles. The van der Waals surface area contributed by atoms with E-state index in [1.54, 1.807) is 0 Å². The van der Waals surface area contributed by atoms with Crippen LogP contribution in [0, 0.1) is 0 Å². The molecular weight excluding hydrogens is 178 g/mol. The highest BCUT2D eigenvalue weighted by Gasteiger charge is 2.27. The number of aryl methyl sites for hydroxylation is 1. The van der Waals surface area contributed by atoms with E-state index in [-0.39, 0.29) is 11.5 Å². The standard InChI is InChI=1S/C10H17N3O/c1-10(2,3)9-12-11-8-5-4-7(14)6-13(8)9/h7,14H,4-6H2,1-3H3. The normalized spacial score (nSPS) is 22.1. The van der Waals surface area contributed by atoms with Crippen LogP contribution in [0.25, 0.3) is 0 Å². The maximum atomic E-state index is 9.59. The predicted molar refractivity (Wildman–Crippen MR) is 53.0 cm³/mol. The third-order valence-electron chi connectivity index (χ3n) is 2.59. The molecule has 0 radical (unpaired) electrons. The molecule has 2 heterocycles. The van der Waals surface area contributed by atoms with E-state index in [4.69, 9.17) is 0 Å². The van der Waals surface area contributed by atoms with E-state index in [1.165, 1.54) is 0 Å². The lowest BCUT2D eigenvalue weighted by Gasteiger charge is -2.24. The van der Waals surface area contributed by atoms with Gasteiger partial charge in [-0.3, -0.25) is 0 Å². The van der Waals surface area contributed by atoms with Crippen LogP contribution in [0.1, 0.15) is 38.8 Å². The van der Waals surface area contributed by atoms with Gasteiger partial charge in [-0.25, -0.2) is 0 Å². The number of nitrogens with zero attached hydrogens (tertiary/aromatic N) is 3. The quantitative estimate of drug-likeness (QED) is 0.668. The summed E-state index contributed by atoms with van der Waals surface area (Å²) in [5, 5.41) is 18.0. The molecule has 0 saturated heterocycles. The van der Waals surface area contributed by atoms with E-state index in [0.29, 0.717) is 6.54 Å². The lowest BCUT2D eigenvalue weighted by atomic mass is 9.95. The fraction of sp³-hybridized carbons (Fsp3) is 0.800. The second-order valence-electron chi connectivity index (χ2n) is 4.99. The van der Waals surface area contributed by atoms with Gasteiger partial charge in [0.15, 0.2) is 0 Å². The van der Waals surface area contributed by atoms with Gasteiger partial charge < -0.3 is 9.67 Å². The molecule has 1 atom stereocenters. The van der Waals surface area contributed by atoms with Crippen molar-refractivity contribution in [3.63, 3.8) is 0 Å². The first kappa shape index (κ1) is 9.65. The molecule has 2 rings (SSSR count). The highest BCUT2D eigenvalue weighted by Crippen LogP contribution is 2.24. The predicted octanol–water partition coefficient (Wildman–Crippen LogP) is 0.883. The monoisotopic (exact) mass is 195 g/mol. The zero-order chi connectivity index (χ0) is 10.3. The second-order valence-corrected chi connectivity index (χ2v) is 4.99. The van der Waals surface area contributed by atoms with Gasteiger partial charge in [-0.1, -0.05) is 20.8 Å². The molecule has 0 amide bonds. The number of fused-ring (bicyclic) bond motifs is 1. The van der Waals surface area contributed by atoms with Crippen LogP contribution in [0.4, 0.5) is 0 Å². The van der Waals surface area contributed by atoms with E-state index < -0.39 is 0 Å². The molecule has 0 fully saturated rings. The number of aromatic nitrogens is 3. The Kier molecular flexibility index (Phi) is 2.10.